The molecular formula is C24H25FN4S. The summed E-state index contributed by atoms with van der Waals surface area (Å²) in [5.41, 5.74) is 3.06. The minimum absolute atomic E-state index is 0.0237. The summed E-state index contributed by atoms with van der Waals surface area (Å²) in [5.74, 6) is -0.230. The molecule has 30 heavy (non-hydrogen) atoms. The fourth-order valence-electron chi connectivity index (χ4n) is 4.91. The SMILES string of the molecule is Fc1ccc(-n2cccc2[C@@H]2[C@@H](c3ccccn3)NC(=S)N2C2CCCCC2)cc1. The first-order chi connectivity index (χ1) is 14.7. The Morgan fingerprint density at radius 1 is 0.967 bits per heavy atom. The highest BCUT2D eigenvalue weighted by Gasteiger charge is 2.44. The quantitative estimate of drug-likeness (QED) is 0.580. The highest BCUT2D eigenvalue weighted by atomic mass is 32.1. The molecule has 1 saturated heterocycles. The highest BCUT2D eigenvalue weighted by Crippen LogP contribution is 2.43. The molecule has 6 heteroatoms. The van der Waals surface area contributed by atoms with Crippen molar-refractivity contribution in [1.82, 2.24) is 19.8 Å². The number of pyridine rings is 1. The molecule has 0 unspecified atom stereocenters. The van der Waals surface area contributed by atoms with Crippen LogP contribution < -0.4 is 5.32 Å². The average Bonchev–Trinajstić information content (AvgIpc) is 3.40. The highest BCUT2D eigenvalue weighted by molar-refractivity contribution is 7.80. The molecule has 2 aromatic heterocycles. The van der Waals surface area contributed by atoms with Crippen LogP contribution in [0.1, 0.15) is 55.6 Å². The number of halogens is 1. The number of hydrogen-bond donors (Lipinski definition) is 1. The van der Waals surface area contributed by atoms with Crippen molar-refractivity contribution < 1.29 is 4.39 Å². The van der Waals surface area contributed by atoms with Gasteiger partial charge in [-0.15, -0.1) is 0 Å². The average molecular weight is 421 g/mol. The fraction of sp³-hybridized carbons (Fsp3) is 0.333. The van der Waals surface area contributed by atoms with Crippen LogP contribution >= 0.6 is 12.2 Å². The minimum atomic E-state index is -0.230. The van der Waals surface area contributed by atoms with E-state index in [2.05, 4.69) is 38.0 Å². The van der Waals surface area contributed by atoms with Gasteiger partial charge in [-0.1, -0.05) is 25.3 Å². The monoisotopic (exact) mass is 420 g/mol. The number of hydrogen-bond acceptors (Lipinski definition) is 2. The first-order valence-corrected chi connectivity index (χ1v) is 11.1. The van der Waals surface area contributed by atoms with Gasteiger partial charge in [0, 0.05) is 29.8 Å². The summed E-state index contributed by atoms with van der Waals surface area (Å²) < 4.78 is 15.7. The Morgan fingerprint density at radius 2 is 1.77 bits per heavy atom. The van der Waals surface area contributed by atoms with E-state index >= 15 is 0 Å². The number of thiocarbonyl (C=S) groups is 1. The maximum Gasteiger partial charge on any atom is 0.170 e. The lowest BCUT2D eigenvalue weighted by atomic mass is 9.92. The third-order valence-electron chi connectivity index (χ3n) is 6.29. The Kier molecular flexibility index (Phi) is 5.25. The Balaban J connectivity index is 1.60. The Morgan fingerprint density at radius 3 is 2.50 bits per heavy atom. The van der Waals surface area contributed by atoms with Crippen LogP contribution in [0.15, 0.2) is 67.0 Å². The second kappa shape index (κ2) is 8.19. The van der Waals surface area contributed by atoms with Gasteiger partial charge in [0.1, 0.15) is 5.82 Å². The molecule has 2 fully saturated rings. The van der Waals surface area contributed by atoms with Gasteiger partial charge in [-0.25, -0.2) is 4.39 Å². The maximum atomic E-state index is 13.5. The van der Waals surface area contributed by atoms with E-state index in [0.29, 0.717) is 6.04 Å². The lowest BCUT2D eigenvalue weighted by molar-refractivity contribution is 0.193. The molecule has 4 nitrogen and oxygen atoms in total. The van der Waals surface area contributed by atoms with Crippen molar-refractivity contribution in [2.75, 3.05) is 0 Å². The third kappa shape index (κ3) is 3.49. The van der Waals surface area contributed by atoms with Gasteiger partial charge < -0.3 is 14.8 Å². The van der Waals surface area contributed by atoms with Crippen LogP contribution in [0.3, 0.4) is 0 Å². The molecular weight excluding hydrogens is 395 g/mol. The van der Waals surface area contributed by atoms with Gasteiger partial charge >= 0.3 is 0 Å². The van der Waals surface area contributed by atoms with Crippen molar-refractivity contribution in [3.05, 3.63) is 84.2 Å². The smallest absolute Gasteiger partial charge is 0.170 e. The Labute approximate surface area is 181 Å². The number of nitrogens with one attached hydrogen (secondary N) is 1. The summed E-state index contributed by atoms with van der Waals surface area (Å²) in [6.45, 7) is 0. The molecule has 1 saturated carbocycles. The molecule has 0 spiro atoms. The topological polar surface area (TPSA) is 33.1 Å². The molecule has 154 valence electrons. The number of benzene rings is 1. The van der Waals surface area contributed by atoms with Crippen LogP contribution in [-0.4, -0.2) is 25.6 Å². The van der Waals surface area contributed by atoms with Crippen molar-refractivity contribution in [1.29, 1.82) is 0 Å². The normalized spacial score (nSPS) is 22.3. The van der Waals surface area contributed by atoms with Crippen molar-refractivity contribution in [3.63, 3.8) is 0 Å². The lowest BCUT2D eigenvalue weighted by Crippen LogP contribution is -2.40. The maximum absolute atomic E-state index is 13.5. The van der Waals surface area contributed by atoms with Crippen LogP contribution in [0.25, 0.3) is 5.69 Å². The molecule has 1 N–H and O–H groups in total. The Bertz CT molecular complexity index is 1010. The molecule has 5 rings (SSSR count). The van der Waals surface area contributed by atoms with Crippen LogP contribution in [-0.2, 0) is 0 Å². The molecule has 1 aliphatic carbocycles. The number of rotatable bonds is 4. The van der Waals surface area contributed by atoms with Gasteiger partial charge in [-0.05, 0) is 73.6 Å². The first-order valence-electron chi connectivity index (χ1n) is 10.7. The van der Waals surface area contributed by atoms with E-state index in [-0.39, 0.29) is 17.9 Å². The van der Waals surface area contributed by atoms with Gasteiger partial charge in [0.05, 0.1) is 17.8 Å². The van der Waals surface area contributed by atoms with Crippen molar-refractivity contribution >= 4 is 17.3 Å². The van der Waals surface area contributed by atoms with E-state index in [1.54, 1.807) is 0 Å². The van der Waals surface area contributed by atoms with E-state index in [4.69, 9.17) is 12.2 Å². The first kappa shape index (κ1) is 19.2. The zero-order chi connectivity index (χ0) is 20.5. The van der Waals surface area contributed by atoms with Gasteiger partial charge in [0.15, 0.2) is 5.11 Å². The largest absolute Gasteiger partial charge is 0.352 e. The van der Waals surface area contributed by atoms with Crippen molar-refractivity contribution in [2.45, 2.75) is 50.2 Å². The standard InChI is InChI=1S/C24H25FN4S/c25-17-11-13-18(14-12-17)28-16-6-10-21(28)23-22(20-9-4-5-15-26-20)27-24(30)29(23)19-7-2-1-3-8-19/h4-6,9-16,19,22-23H,1-3,7-8H2,(H,27,30)/t22-,23-/m1/s1. The summed E-state index contributed by atoms with van der Waals surface area (Å²) >= 11 is 5.85. The third-order valence-corrected chi connectivity index (χ3v) is 6.62. The molecule has 1 aliphatic heterocycles. The van der Waals surface area contributed by atoms with Gasteiger partial charge in [0.25, 0.3) is 0 Å². The van der Waals surface area contributed by atoms with E-state index < -0.39 is 0 Å². The molecule has 0 amide bonds. The van der Waals surface area contributed by atoms with Crippen LogP contribution in [0.2, 0.25) is 0 Å². The zero-order valence-electron chi connectivity index (χ0n) is 16.7. The molecule has 3 aromatic rings. The summed E-state index contributed by atoms with van der Waals surface area (Å²) in [7, 11) is 0. The minimum Gasteiger partial charge on any atom is -0.352 e. The molecule has 0 radical (unpaired) electrons. The van der Waals surface area contributed by atoms with E-state index in [1.165, 1.54) is 31.4 Å². The molecule has 2 atom stereocenters. The van der Waals surface area contributed by atoms with Crippen LogP contribution in [0.5, 0.6) is 0 Å². The van der Waals surface area contributed by atoms with E-state index in [9.17, 15) is 4.39 Å². The second-order valence-electron chi connectivity index (χ2n) is 8.11. The van der Waals surface area contributed by atoms with Gasteiger partial charge in [0.2, 0.25) is 0 Å². The number of nitrogens with zero attached hydrogens (tertiary/aromatic N) is 3. The second-order valence-corrected chi connectivity index (χ2v) is 8.49. The molecule has 0 bridgehead atoms. The summed E-state index contributed by atoms with van der Waals surface area (Å²) in [4.78, 5) is 7.05. The van der Waals surface area contributed by atoms with Crippen molar-refractivity contribution in [3.8, 4) is 5.69 Å². The molecule has 1 aromatic carbocycles. The molecule has 3 heterocycles. The van der Waals surface area contributed by atoms with Crippen LogP contribution in [0.4, 0.5) is 4.39 Å². The fourth-order valence-corrected chi connectivity index (χ4v) is 5.30. The van der Waals surface area contributed by atoms with Gasteiger partial charge in [-0.2, -0.15) is 0 Å². The van der Waals surface area contributed by atoms with Crippen molar-refractivity contribution in [2.24, 2.45) is 0 Å². The van der Waals surface area contributed by atoms with Crippen LogP contribution in [0, 0.1) is 5.82 Å². The zero-order valence-corrected chi connectivity index (χ0v) is 17.6. The predicted molar refractivity (Wildman–Crippen MR) is 120 cm³/mol. The predicted octanol–water partition coefficient (Wildman–Crippen LogP) is 5.32. The van der Waals surface area contributed by atoms with Gasteiger partial charge in [-0.3, -0.25) is 4.98 Å². The van der Waals surface area contributed by atoms with E-state index in [1.807, 2.05) is 36.7 Å². The lowest BCUT2D eigenvalue weighted by Gasteiger charge is -2.37. The summed E-state index contributed by atoms with van der Waals surface area (Å²) in [5, 5.41) is 4.37. The summed E-state index contributed by atoms with van der Waals surface area (Å²) in [6, 6.07) is 17.3. The van der Waals surface area contributed by atoms with E-state index in [0.717, 1.165) is 35.0 Å². The number of aromatic nitrogens is 2. The Hall–Kier alpha value is -2.73. The molecule has 2 aliphatic rings. The summed E-state index contributed by atoms with van der Waals surface area (Å²) in [6.07, 6.45) is 9.96.